The number of fused-ring (bicyclic) bond motifs is 1. The van der Waals surface area contributed by atoms with Gasteiger partial charge in [0.05, 0.1) is 30.9 Å². The van der Waals surface area contributed by atoms with Crippen molar-refractivity contribution in [2.45, 2.75) is 26.6 Å². The lowest BCUT2D eigenvalue weighted by atomic mass is 10.1. The van der Waals surface area contributed by atoms with Crippen LogP contribution in [0, 0.1) is 5.82 Å². The average molecular weight is 303 g/mol. The zero-order valence-corrected chi connectivity index (χ0v) is 12.5. The van der Waals surface area contributed by atoms with Crippen LogP contribution in [0.25, 0.3) is 0 Å². The fourth-order valence-corrected chi connectivity index (χ4v) is 2.61. The van der Waals surface area contributed by atoms with Gasteiger partial charge in [-0.2, -0.15) is 0 Å². The van der Waals surface area contributed by atoms with E-state index in [0.717, 1.165) is 11.4 Å². The lowest BCUT2D eigenvalue weighted by molar-refractivity contribution is 0.0705. The third-order valence-electron chi connectivity index (χ3n) is 3.79. The van der Waals surface area contributed by atoms with E-state index in [1.165, 1.54) is 12.1 Å². The Kier molecular flexibility index (Phi) is 4.20. The Morgan fingerprint density at radius 2 is 2.27 bits per heavy atom. The summed E-state index contributed by atoms with van der Waals surface area (Å²) in [6, 6.07) is 5.80. The normalized spacial score (nSPS) is 14.0. The van der Waals surface area contributed by atoms with Crippen LogP contribution in [-0.4, -0.2) is 33.5 Å². The van der Waals surface area contributed by atoms with Crippen molar-refractivity contribution in [3.05, 3.63) is 53.4 Å². The molecule has 0 fully saturated rings. The Bertz CT molecular complexity index is 684. The number of rotatable bonds is 4. The monoisotopic (exact) mass is 303 g/mol. The molecule has 0 spiro atoms. The molecule has 0 N–H and O–H groups in total. The Morgan fingerprint density at radius 3 is 3.05 bits per heavy atom. The SMILES string of the molecule is CCOCc1ncn2c1CN(C(=O)c1cccc(F)c1)CC2. The van der Waals surface area contributed by atoms with E-state index < -0.39 is 5.82 Å². The number of hydrogen-bond donors (Lipinski definition) is 0. The number of aromatic nitrogens is 2. The summed E-state index contributed by atoms with van der Waals surface area (Å²) in [5.41, 5.74) is 2.22. The van der Waals surface area contributed by atoms with E-state index in [0.29, 0.717) is 38.4 Å². The minimum absolute atomic E-state index is 0.158. The summed E-state index contributed by atoms with van der Waals surface area (Å²) in [5.74, 6) is -0.556. The van der Waals surface area contributed by atoms with Crippen LogP contribution in [0.3, 0.4) is 0 Å². The fraction of sp³-hybridized carbons (Fsp3) is 0.375. The van der Waals surface area contributed by atoms with Gasteiger partial charge in [-0.15, -0.1) is 0 Å². The predicted octanol–water partition coefficient (Wildman–Crippen LogP) is 2.21. The maximum Gasteiger partial charge on any atom is 0.254 e. The molecule has 5 nitrogen and oxygen atoms in total. The molecule has 0 unspecified atom stereocenters. The van der Waals surface area contributed by atoms with E-state index >= 15 is 0 Å². The number of ether oxygens (including phenoxy) is 1. The highest BCUT2D eigenvalue weighted by atomic mass is 19.1. The van der Waals surface area contributed by atoms with Crippen LogP contribution >= 0.6 is 0 Å². The molecule has 1 aliphatic heterocycles. The van der Waals surface area contributed by atoms with Crippen molar-refractivity contribution >= 4 is 5.91 Å². The van der Waals surface area contributed by atoms with Crippen molar-refractivity contribution in [1.29, 1.82) is 0 Å². The lowest BCUT2D eigenvalue weighted by Gasteiger charge is -2.29. The summed E-state index contributed by atoms with van der Waals surface area (Å²) in [5, 5.41) is 0. The van der Waals surface area contributed by atoms with Crippen LogP contribution < -0.4 is 0 Å². The molecule has 0 saturated heterocycles. The topological polar surface area (TPSA) is 47.4 Å². The van der Waals surface area contributed by atoms with Gasteiger partial charge in [-0.1, -0.05) is 6.07 Å². The van der Waals surface area contributed by atoms with Crippen LogP contribution in [-0.2, 0) is 24.4 Å². The van der Waals surface area contributed by atoms with Crippen molar-refractivity contribution in [2.75, 3.05) is 13.2 Å². The van der Waals surface area contributed by atoms with Crippen molar-refractivity contribution in [3.63, 3.8) is 0 Å². The number of imidazole rings is 1. The first-order valence-electron chi connectivity index (χ1n) is 7.34. The number of carbonyl (C=O) groups is 1. The maximum absolute atomic E-state index is 13.3. The molecule has 0 aliphatic carbocycles. The second-order valence-electron chi connectivity index (χ2n) is 5.21. The summed E-state index contributed by atoms with van der Waals surface area (Å²) in [7, 11) is 0. The molecule has 0 bridgehead atoms. The highest BCUT2D eigenvalue weighted by molar-refractivity contribution is 5.94. The van der Waals surface area contributed by atoms with Crippen molar-refractivity contribution in [1.82, 2.24) is 14.5 Å². The molecular formula is C16H18FN3O2. The Hall–Kier alpha value is -2.21. The Morgan fingerprint density at radius 1 is 1.41 bits per heavy atom. The molecule has 1 amide bonds. The maximum atomic E-state index is 13.3. The zero-order chi connectivity index (χ0) is 15.5. The highest BCUT2D eigenvalue weighted by Crippen LogP contribution is 2.19. The van der Waals surface area contributed by atoms with Crippen LogP contribution in [0.15, 0.2) is 30.6 Å². The Balaban J connectivity index is 1.78. The van der Waals surface area contributed by atoms with E-state index in [9.17, 15) is 9.18 Å². The molecule has 1 aliphatic rings. The number of halogens is 1. The zero-order valence-electron chi connectivity index (χ0n) is 12.5. The molecule has 1 aromatic carbocycles. The predicted molar refractivity (Wildman–Crippen MR) is 78.7 cm³/mol. The fourth-order valence-electron chi connectivity index (χ4n) is 2.61. The molecule has 0 saturated carbocycles. The number of carbonyl (C=O) groups excluding carboxylic acids is 1. The van der Waals surface area contributed by atoms with Crippen LogP contribution in [0.4, 0.5) is 4.39 Å². The highest BCUT2D eigenvalue weighted by Gasteiger charge is 2.24. The third kappa shape index (κ3) is 2.87. The van der Waals surface area contributed by atoms with Gasteiger partial charge in [0, 0.05) is 25.3 Å². The largest absolute Gasteiger partial charge is 0.375 e. The van der Waals surface area contributed by atoms with E-state index in [-0.39, 0.29) is 5.91 Å². The van der Waals surface area contributed by atoms with Gasteiger partial charge < -0.3 is 14.2 Å². The first-order chi connectivity index (χ1) is 10.7. The molecule has 2 heterocycles. The molecule has 22 heavy (non-hydrogen) atoms. The molecular weight excluding hydrogens is 285 g/mol. The standard InChI is InChI=1S/C16H18FN3O2/c1-2-22-10-14-15-9-19(6-7-20(15)11-18-14)16(21)12-4-3-5-13(17)8-12/h3-5,8,11H,2,6-7,9-10H2,1H3. The van der Waals surface area contributed by atoms with E-state index in [4.69, 9.17) is 4.74 Å². The number of hydrogen-bond acceptors (Lipinski definition) is 3. The summed E-state index contributed by atoms with van der Waals surface area (Å²) in [6.45, 7) is 4.75. The molecule has 116 valence electrons. The van der Waals surface area contributed by atoms with Crippen molar-refractivity contribution < 1.29 is 13.9 Å². The van der Waals surface area contributed by atoms with Gasteiger partial charge in [-0.05, 0) is 25.1 Å². The van der Waals surface area contributed by atoms with Gasteiger partial charge in [0.1, 0.15) is 5.82 Å². The molecule has 0 radical (unpaired) electrons. The summed E-state index contributed by atoms with van der Waals surface area (Å²) >= 11 is 0. The quantitative estimate of drug-likeness (QED) is 0.870. The minimum atomic E-state index is -0.398. The van der Waals surface area contributed by atoms with Crippen LogP contribution in [0.5, 0.6) is 0 Å². The van der Waals surface area contributed by atoms with Crippen LogP contribution in [0.1, 0.15) is 28.7 Å². The molecule has 2 aromatic rings. The first kappa shape index (κ1) is 14.7. The molecule has 3 rings (SSSR count). The Labute approximate surface area is 128 Å². The van der Waals surface area contributed by atoms with Crippen molar-refractivity contribution in [2.24, 2.45) is 0 Å². The smallest absolute Gasteiger partial charge is 0.254 e. The number of amides is 1. The average Bonchev–Trinajstić information content (AvgIpc) is 2.94. The summed E-state index contributed by atoms with van der Waals surface area (Å²) in [6.07, 6.45) is 1.79. The van der Waals surface area contributed by atoms with E-state index in [1.54, 1.807) is 23.4 Å². The van der Waals surface area contributed by atoms with Gasteiger partial charge >= 0.3 is 0 Å². The van der Waals surface area contributed by atoms with Gasteiger partial charge in [0.25, 0.3) is 5.91 Å². The number of nitrogens with zero attached hydrogens (tertiary/aromatic N) is 3. The van der Waals surface area contributed by atoms with Gasteiger partial charge in [-0.25, -0.2) is 9.37 Å². The third-order valence-corrected chi connectivity index (χ3v) is 3.79. The minimum Gasteiger partial charge on any atom is -0.375 e. The second-order valence-corrected chi connectivity index (χ2v) is 5.21. The summed E-state index contributed by atoms with van der Waals surface area (Å²) in [4.78, 5) is 18.6. The summed E-state index contributed by atoms with van der Waals surface area (Å²) < 4.78 is 20.7. The van der Waals surface area contributed by atoms with E-state index in [1.807, 2.05) is 11.5 Å². The second kappa shape index (κ2) is 6.27. The van der Waals surface area contributed by atoms with Crippen molar-refractivity contribution in [3.8, 4) is 0 Å². The lowest BCUT2D eigenvalue weighted by Crippen LogP contribution is -2.38. The number of benzene rings is 1. The first-order valence-corrected chi connectivity index (χ1v) is 7.34. The van der Waals surface area contributed by atoms with Crippen LogP contribution in [0.2, 0.25) is 0 Å². The van der Waals surface area contributed by atoms with Gasteiger partial charge in [0.2, 0.25) is 0 Å². The van der Waals surface area contributed by atoms with Gasteiger partial charge in [0.15, 0.2) is 0 Å². The molecule has 1 aromatic heterocycles. The van der Waals surface area contributed by atoms with Gasteiger partial charge in [-0.3, -0.25) is 4.79 Å². The molecule has 0 atom stereocenters. The molecule has 6 heteroatoms. The van der Waals surface area contributed by atoms with E-state index in [2.05, 4.69) is 4.98 Å².